The lowest BCUT2D eigenvalue weighted by atomic mass is 9.89. The van der Waals surface area contributed by atoms with Crippen molar-refractivity contribution in [3.63, 3.8) is 0 Å². The van der Waals surface area contributed by atoms with Crippen LogP contribution in [0.15, 0.2) is 0 Å². The molecule has 0 aromatic heterocycles. The highest BCUT2D eigenvalue weighted by Crippen LogP contribution is 2.31. The lowest BCUT2D eigenvalue weighted by molar-refractivity contribution is -0.179. The highest BCUT2D eigenvalue weighted by Gasteiger charge is 2.41. The Morgan fingerprint density at radius 1 is 0.875 bits per heavy atom. The minimum atomic E-state index is -0.326. The quantitative estimate of drug-likeness (QED) is 0.620. The monoisotopic (exact) mass is 230 g/mol. The van der Waals surface area contributed by atoms with Gasteiger partial charge in [-0.2, -0.15) is 0 Å². The van der Waals surface area contributed by atoms with Crippen LogP contribution < -0.4 is 0 Å². The Kier molecular flexibility index (Phi) is 3.27. The molecule has 0 aromatic rings. The molecule has 4 heteroatoms. The molecule has 0 bridgehead atoms. The lowest BCUT2D eigenvalue weighted by Gasteiger charge is -2.41. The summed E-state index contributed by atoms with van der Waals surface area (Å²) in [6, 6.07) is 0. The zero-order valence-electron chi connectivity index (χ0n) is 10.6. The van der Waals surface area contributed by atoms with E-state index in [2.05, 4.69) is 27.7 Å². The SMILES string of the molecule is CC(C)(OCC1CO1)C(C)(C)OCC1CO1. The zero-order chi connectivity index (χ0) is 11.8. The van der Waals surface area contributed by atoms with Crippen LogP contribution in [0.5, 0.6) is 0 Å². The summed E-state index contributed by atoms with van der Waals surface area (Å²) in [5, 5.41) is 0. The Hall–Kier alpha value is -0.160. The van der Waals surface area contributed by atoms with E-state index < -0.39 is 0 Å². The van der Waals surface area contributed by atoms with Gasteiger partial charge in [-0.25, -0.2) is 0 Å². The van der Waals surface area contributed by atoms with E-state index in [1.807, 2.05) is 0 Å². The molecule has 2 aliphatic heterocycles. The minimum absolute atomic E-state index is 0.293. The summed E-state index contributed by atoms with van der Waals surface area (Å²) in [5.74, 6) is 0. The second-order valence-electron chi connectivity index (χ2n) is 5.55. The largest absolute Gasteiger partial charge is 0.371 e. The van der Waals surface area contributed by atoms with Crippen molar-refractivity contribution >= 4 is 0 Å². The summed E-state index contributed by atoms with van der Waals surface area (Å²) in [6.45, 7) is 11.2. The molecule has 16 heavy (non-hydrogen) atoms. The number of hydrogen-bond acceptors (Lipinski definition) is 4. The molecular weight excluding hydrogens is 208 g/mol. The Morgan fingerprint density at radius 2 is 1.19 bits per heavy atom. The number of rotatable bonds is 7. The minimum Gasteiger partial charge on any atom is -0.371 e. The Morgan fingerprint density at radius 3 is 1.44 bits per heavy atom. The predicted molar refractivity (Wildman–Crippen MR) is 59.5 cm³/mol. The van der Waals surface area contributed by atoms with Gasteiger partial charge in [-0.05, 0) is 27.7 Å². The maximum atomic E-state index is 5.88. The molecule has 0 radical (unpaired) electrons. The van der Waals surface area contributed by atoms with Gasteiger partial charge in [0.2, 0.25) is 0 Å². The van der Waals surface area contributed by atoms with Crippen LogP contribution >= 0.6 is 0 Å². The van der Waals surface area contributed by atoms with E-state index in [4.69, 9.17) is 18.9 Å². The molecule has 94 valence electrons. The van der Waals surface area contributed by atoms with Crippen LogP contribution in [0.3, 0.4) is 0 Å². The fraction of sp³-hybridized carbons (Fsp3) is 1.00. The number of ether oxygens (including phenoxy) is 4. The molecular formula is C12H22O4. The zero-order valence-corrected chi connectivity index (χ0v) is 10.6. The Labute approximate surface area is 97.2 Å². The molecule has 4 nitrogen and oxygen atoms in total. The van der Waals surface area contributed by atoms with Crippen LogP contribution in [-0.2, 0) is 18.9 Å². The average Bonchev–Trinajstić information content (AvgIpc) is 3.04. The summed E-state index contributed by atoms with van der Waals surface area (Å²) < 4.78 is 22.0. The fourth-order valence-electron chi connectivity index (χ4n) is 1.28. The third-order valence-electron chi connectivity index (χ3n) is 3.51. The summed E-state index contributed by atoms with van der Waals surface area (Å²) in [7, 11) is 0. The molecule has 0 aromatic carbocycles. The second-order valence-corrected chi connectivity index (χ2v) is 5.55. The molecule has 2 saturated heterocycles. The first-order valence-corrected chi connectivity index (χ1v) is 5.92. The van der Waals surface area contributed by atoms with Gasteiger partial charge in [0, 0.05) is 0 Å². The first kappa shape index (κ1) is 12.3. The van der Waals surface area contributed by atoms with Crippen LogP contribution in [0.2, 0.25) is 0 Å². The van der Waals surface area contributed by atoms with Crippen LogP contribution in [0, 0.1) is 0 Å². The third kappa shape index (κ3) is 3.17. The summed E-state index contributed by atoms with van der Waals surface area (Å²) in [4.78, 5) is 0. The van der Waals surface area contributed by atoms with Gasteiger partial charge in [0.05, 0.1) is 37.6 Å². The van der Waals surface area contributed by atoms with Gasteiger partial charge in [0.1, 0.15) is 12.2 Å². The van der Waals surface area contributed by atoms with E-state index in [0.29, 0.717) is 25.4 Å². The molecule has 2 unspecified atom stereocenters. The fourth-order valence-corrected chi connectivity index (χ4v) is 1.28. The van der Waals surface area contributed by atoms with Gasteiger partial charge in [-0.3, -0.25) is 0 Å². The molecule has 0 amide bonds. The first-order valence-electron chi connectivity index (χ1n) is 5.92. The maximum Gasteiger partial charge on any atom is 0.104 e. The van der Waals surface area contributed by atoms with Gasteiger partial charge >= 0.3 is 0 Å². The van der Waals surface area contributed by atoms with Crippen molar-refractivity contribution in [1.29, 1.82) is 0 Å². The van der Waals surface area contributed by atoms with Crippen molar-refractivity contribution in [2.75, 3.05) is 26.4 Å². The molecule has 0 N–H and O–H groups in total. The Bertz CT molecular complexity index is 215. The van der Waals surface area contributed by atoms with Crippen LogP contribution in [0.4, 0.5) is 0 Å². The van der Waals surface area contributed by atoms with Gasteiger partial charge in [0.15, 0.2) is 0 Å². The van der Waals surface area contributed by atoms with Crippen molar-refractivity contribution in [1.82, 2.24) is 0 Å². The molecule has 2 atom stereocenters. The molecule has 0 aliphatic carbocycles. The van der Waals surface area contributed by atoms with E-state index >= 15 is 0 Å². The number of epoxide rings is 2. The molecule has 2 fully saturated rings. The summed E-state index contributed by atoms with van der Waals surface area (Å²) >= 11 is 0. The van der Waals surface area contributed by atoms with Crippen LogP contribution in [0.25, 0.3) is 0 Å². The predicted octanol–water partition coefficient (Wildman–Crippen LogP) is 1.37. The van der Waals surface area contributed by atoms with Gasteiger partial charge in [-0.1, -0.05) is 0 Å². The van der Waals surface area contributed by atoms with Crippen molar-refractivity contribution in [3.8, 4) is 0 Å². The standard InChI is InChI=1S/C12H22O4/c1-11(2,15-7-9-5-13-9)12(3,4)16-8-10-6-14-10/h9-10H,5-8H2,1-4H3. The molecule has 2 aliphatic rings. The van der Waals surface area contributed by atoms with E-state index in [9.17, 15) is 0 Å². The van der Waals surface area contributed by atoms with Crippen LogP contribution in [0.1, 0.15) is 27.7 Å². The molecule has 2 rings (SSSR count). The van der Waals surface area contributed by atoms with Gasteiger partial charge in [-0.15, -0.1) is 0 Å². The normalized spacial score (nSPS) is 29.2. The van der Waals surface area contributed by atoms with E-state index in [-0.39, 0.29) is 11.2 Å². The second kappa shape index (κ2) is 4.26. The van der Waals surface area contributed by atoms with E-state index in [1.54, 1.807) is 0 Å². The van der Waals surface area contributed by atoms with Crippen molar-refractivity contribution in [2.24, 2.45) is 0 Å². The van der Waals surface area contributed by atoms with Gasteiger partial charge in [0.25, 0.3) is 0 Å². The molecule has 0 spiro atoms. The topological polar surface area (TPSA) is 43.5 Å². The maximum absolute atomic E-state index is 5.88. The third-order valence-corrected chi connectivity index (χ3v) is 3.51. The van der Waals surface area contributed by atoms with Crippen molar-refractivity contribution in [3.05, 3.63) is 0 Å². The first-order chi connectivity index (χ1) is 7.41. The highest BCUT2D eigenvalue weighted by molar-refractivity contribution is 4.91. The van der Waals surface area contributed by atoms with Crippen molar-refractivity contribution in [2.45, 2.75) is 51.1 Å². The van der Waals surface area contributed by atoms with Gasteiger partial charge < -0.3 is 18.9 Å². The van der Waals surface area contributed by atoms with Crippen LogP contribution in [-0.4, -0.2) is 49.8 Å². The average molecular weight is 230 g/mol. The number of hydrogen-bond donors (Lipinski definition) is 0. The summed E-state index contributed by atoms with van der Waals surface area (Å²) in [5.41, 5.74) is -0.651. The van der Waals surface area contributed by atoms with E-state index in [0.717, 1.165) is 13.2 Å². The lowest BCUT2D eigenvalue weighted by Crippen LogP contribution is -2.50. The molecule has 0 saturated carbocycles. The highest BCUT2D eigenvalue weighted by atomic mass is 16.6. The summed E-state index contributed by atoms with van der Waals surface area (Å²) in [6.07, 6.45) is 0.587. The van der Waals surface area contributed by atoms with E-state index in [1.165, 1.54) is 0 Å². The Balaban J connectivity index is 1.78. The smallest absolute Gasteiger partial charge is 0.104 e. The van der Waals surface area contributed by atoms with Crippen molar-refractivity contribution < 1.29 is 18.9 Å². The molecule has 2 heterocycles.